The summed E-state index contributed by atoms with van der Waals surface area (Å²) in [7, 11) is 0. The molecule has 4 nitrogen and oxygen atoms in total. The molecule has 0 aliphatic carbocycles. The van der Waals surface area contributed by atoms with Crippen molar-refractivity contribution in [3.8, 4) is 17.1 Å². The van der Waals surface area contributed by atoms with Gasteiger partial charge in [-0.05, 0) is 49.4 Å². The molecule has 1 heterocycles. The Kier molecular flexibility index (Phi) is 4.80. The molecule has 1 aromatic heterocycles. The fraction of sp³-hybridized carbons (Fsp3) is 0.0909. The van der Waals surface area contributed by atoms with Gasteiger partial charge in [0.1, 0.15) is 11.6 Å². The van der Waals surface area contributed by atoms with E-state index >= 15 is 0 Å². The summed E-state index contributed by atoms with van der Waals surface area (Å²) in [5, 5.41) is 3.98. The number of hydrogen-bond donors (Lipinski definition) is 1. The third kappa shape index (κ3) is 4.45. The quantitative estimate of drug-likeness (QED) is 0.444. The maximum absolute atomic E-state index is 12.3. The lowest BCUT2D eigenvalue weighted by Crippen LogP contribution is -2.16. The zero-order valence-corrected chi connectivity index (χ0v) is 15.4. The molecule has 0 atom stereocenters. The van der Waals surface area contributed by atoms with E-state index in [2.05, 4.69) is 20.0 Å². The van der Waals surface area contributed by atoms with E-state index in [0.29, 0.717) is 17.3 Å². The molecule has 0 saturated carbocycles. The van der Waals surface area contributed by atoms with E-state index < -0.39 is 6.36 Å². The lowest BCUT2D eigenvalue weighted by Gasteiger charge is -2.12. The number of rotatable bonds is 4. The zero-order chi connectivity index (χ0) is 20.4. The molecule has 0 radical (unpaired) electrons. The first-order chi connectivity index (χ1) is 13.9. The van der Waals surface area contributed by atoms with Crippen molar-refractivity contribution in [1.82, 2.24) is 9.97 Å². The van der Waals surface area contributed by atoms with E-state index in [1.54, 1.807) is 0 Å². The number of para-hydroxylation sites is 1. The van der Waals surface area contributed by atoms with Crippen LogP contribution in [0.1, 0.15) is 5.56 Å². The molecule has 0 aliphatic heterocycles. The Morgan fingerprint density at radius 2 is 1.62 bits per heavy atom. The average Bonchev–Trinajstić information content (AvgIpc) is 2.68. The largest absolute Gasteiger partial charge is 0.573 e. The lowest BCUT2D eigenvalue weighted by molar-refractivity contribution is -0.274. The molecule has 29 heavy (non-hydrogen) atoms. The summed E-state index contributed by atoms with van der Waals surface area (Å²) >= 11 is 0. The molecule has 146 valence electrons. The normalized spacial score (nSPS) is 11.4. The van der Waals surface area contributed by atoms with Gasteiger partial charge in [-0.15, -0.1) is 13.2 Å². The summed E-state index contributed by atoms with van der Waals surface area (Å²) in [5.74, 6) is 0.847. The number of nitrogens with zero attached hydrogens (tertiary/aromatic N) is 2. The van der Waals surface area contributed by atoms with Crippen molar-refractivity contribution in [3.05, 3.63) is 78.4 Å². The Morgan fingerprint density at radius 3 is 2.34 bits per heavy atom. The summed E-state index contributed by atoms with van der Waals surface area (Å²) in [6.07, 6.45) is -4.72. The van der Waals surface area contributed by atoms with Gasteiger partial charge in [-0.3, -0.25) is 0 Å². The molecule has 1 N–H and O–H groups in total. The predicted molar refractivity (Wildman–Crippen MR) is 106 cm³/mol. The van der Waals surface area contributed by atoms with E-state index in [1.165, 1.54) is 24.3 Å². The molecule has 0 spiro atoms. The molecular formula is C22H16F3N3O. The van der Waals surface area contributed by atoms with Crippen molar-refractivity contribution in [2.75, 3.05) is 5.32 Å². The van der Waals surface area contributed by atoms with Crippen molar-refractivity contribution in [3.63, 3.8) is 0 Å². The highest BCUT2D eigenvalue weighted by Gasteiger charge is 2.30. The third-order valence-electron chi connectivity index (χ3n) is 4.23. The second-order valence-corrected chi connectivity index (χ2v) is 6.48. The number of alkyl halides is 3. The van der Waals surface area contributed by atoms with Gasteiger partial charge in [0.25, 0.3) is 0 Å². The van der Waals surface area contributed by atoms with E-state index in [-0.39, 0.29) is 5.75 Å². The van der Waals surface area contributed by atoms with Crippen molar-refractivity contribution in [2.45, 2.75) is 13.3 Å². The molecule has 0 amide bonds. The highest BCUT2D eigenvalue weighted by Crippen LogP contribution is 2.29. The number of aromatic nitrogens is 2. The van der Waals surface area contributed by atoms with Gasteiger partial charge >= 0.3 is 6.36 Å². The van der Waals surface area contributed by atoms with E-state index in [9.17, 15) is 13.2 Å². The van der Waals surface area contributed by atoms with Gasteiger partial charge < -0.3 is 10.1 Å². The van der Waals surface area contributed by atoms with Crippen molar-refractivity contribution in [2.24, 2.45) is 0 Å². The minimum absolute atomic E-state index is 0.281. The number of anilines is 2. The second-order valence-electron chi connectivity index (χ2n) is 6.48. The minimum Gasteiger partial charge on any atom is -0.406 e. The fourth-order valence-electron chi connectivity index (χ4n) is 2.96. The van der Waals surface area contributed by atoms with Crippen LogP contribution in [0.5, 0.6) is 5.75 Å². The summed E-state index contributed by atoms with van der Waals surface area (Å²) in [4.78, 5) is 9.30. The number of fused-ring (bicyclic) bond motifs is 1. The lowest BCUT2D eigenvalue weighted by atomic mass is 10.1. The van der Waals surface area contributed by atoms with Crippen LogP contribution in [0.15, 0.2) is 72.8 Å². The number of ether oxygens (including phenoxy) is 1. The Hall–Kier alpha value is -3.61. The number of nitrogens with one attached hydrogen (secondary N) is 1. The standard InChI is InChI=1S/C22H16F3N3O/c1-14-5-4-6-15(13-14)20-27-19-8-3-2-7-18(19)21(28-20)26-16-9-11-17(12-10-16)29-22(23,24)25/h2-13H,1H3,(H,26,27,28). The van der Waals surface area contributed by atoms with Crippen LogP contribution < -0.4 is 10.1 Å². The topological polar surface area (TPSA) is 47.0 Å². The van der Waals surface area contributed by atoms with Gasteiger partial charge in [0.2, 0.25) is 0 Å². The van der Waals surface area contributed by atoms with Crippen LogP contribution in [0, 0.1) is 6.92 Å². The summed E-state index contributed by atoms with van der Waals surface area (Å²) in [6, 6.07) is 20.9. The molecule has 0 aliphatic rings. The van der Waals surface area contributed by atoms with Gasteiger partial charge in [-0.2, -0.15) is 0 Å². The fourth-order valence-corrected chi connectivity index (χ4v) is 2.96. The molecule has 0 unspecified atom stereocenters. The predicted octanol–water partition coefficient (Wildman–Crippen LogP) is 6.25. The van der Waals surface area contributed by atoms with Gasteiger partial charge in [-0.25, -0.2) is 9.97 Å². The molecule has 0 fully saturated rings. The molecule has 3 aromatic carbocycles. The Morgan fingerprint density at radius 1 is 0.862 bits per heavy atom. The minimum atomic E-state index is -4.72. The number of benzene rings is 3. The third-order valence-corrected chi connectivity index (χ3v) is 4.23. The molecule has 4 rings (SSSR count). The van der Waals surface area contributed by atoms with Gasteiger partial charge in [0, 0.05) is 16.6 Å². The first kappa shape index (κ1) is 18.7. The molecule has 7 heteroatoms. The average molecular weight is 395 g/mol. The summed E-state index contributed by atoms with van der Waals surface area (Å²) < 4.78 is 40.9. The Bertz CT molecular complexity index is 1160. The van der Waals surface area contributed by atoms with Crippen molar-refractivity contribution in [1.29, 1.82) is 0 Å². The van der Waals surface area contributed by atoms with Gasteiger partial charge in [0.15, 0.2) is 5.82 Å². The Labute approximate surface area is 165 Å². The van der Waals surface area contributed by atoms with E-state index in [0.717, 1.165) is 22.0 Å². The van der Waals surface area contributed by atoms with Crippen LogP contribution in [-0.2, 0) is 0 Å². The summed E-state index contributed by atoms with van der Waals surface area (Å²) in [5.41, 5.74) is 3.32. The molecule has 4 aromatic rings. The number of hydrogen-bond acceptors (Lipinski definition) is 4. The van der Waals surface area contributed by atoms with Crippen LogP contribution in [0.4, 0.5) is 24.7 Å². The maximum atomic E-state index is 12.3. The smallest absolute Gasteiger partial charge is 0.406 e. The first-order valence-electron chi connectivity index (χ1n) is 8.84. The van der Waals surface area contributed by atoms with Crippen LogP contribution in [-0.4, -0.2) is 16.3 Å². The van der Waals surface area contributed by atoms with Crippen molar-refractivity contribution < 1.29 is 17.9 Å². The monoisotopic (exact) mass is 395 g/mol. The van der Waals surface area contributed by atoms with Crippen LogP contribution >= 0.6 is 0 Å². The van der Waals surface area contributed by atoms with Crippen molar-refractivity contribution >= 4 is 22.4 Å². The number of aryl methyl sites for hydroxylation is 1. The highest BCUT2D eigenvalue weighted by atomic mass is 19.4. The zero-order valence-electron chi connectivity index (χ0n) is 15.4. The molecule has 0 saturated heterocycles. The number of halogens is 3. The first-order valence-corrected chi connectivity index (χ1v) is 8.84. The highest BCUT2D eigenvalue weighted by molar-refractivity contribution is 5.92. The molecular weight excluding hydrogens is 379 g/mol. The van der Waals surface area contributed by atoms with Gasteiger partial charge in [-0.1, -0.05) is 35.9 Å². The maximum Gasteiger partial charge on any atom is 0.573 e. The van der Waals surface area contributed by atoms with Gasteiger partial charge in [0.05, 0.1) is 5.52 Å². The van der Waals surface area contributed by atoms with Crippen LogP contribution in [0.2, 0.25) is 0 Å². The van der Waals surface area contributed by atoms with E-state index in [1.807, 2.05) is 55.5 Å². The van der Waals surface area contributed by atoms with Crippen LogP contribution in [0.3, 0.4) is 0 Å². The summed E-state index contributed by atoms with van der Waals surface area (Å²) in [6.45, 7) is 1.99. The molecule has 0 bridgehead atoms. The van der Waals surface area contributed by atoms with E-state index in [4.69, 9.17) is 0 Å². The van der Waals surface area contributed by atoms with Crippen LogP contribution in [0.25, 0.3) is 22.3 Å². The second kappa shape index (κ2) is 7.43. The SMILES string of the molecule is Cc1cccc(-c2nc(Nc3ccc(OC(F)(F)F)cc3)c3ccccc3n2)c1. The Balaban J connectivity index is 1.71.